The number of esters is 1. The van der Waals surface area contributed by atoms with Gasteiger partial charge in [-0.2, -0.15) is 0 Å². The molecular formula is C21H24N2O8. The number of ether oxygens (including phenoxy) is 2. The average molecular weight is 432 g/mol. The van der Waals surface area contributed by atoms with E-state index in [0.717, 1.165) is 11.0 Å². The third-order valence-electron chi connectivity index (χ3n) is 4.37. The Morgan fingerprint density at radius 1 is 1.19 bits per heavy atom. The maximum absolute atomic E-state index is 12.8. The zero-order valence-electron chi connectivity index (χ0n) is 17.7. The van der Waals surface area contributed by atoms with E-state index in [1.165, 1.54) is 30.3 Å². The molecule has 166 valence electrons. The number of nitro groups is 1. The first kappa shape index (κ1) is 23.7. The van der Waals surface area contributed by atoms with Crippen molar-refractivity contribution in [3.05, 3.63) is 52.1 Å². The van der Waals surface area contributed by atoms with Crippen molar-refractivity contribution in [2.75, 3.05) is 6.61 Å². The van der Waals surface area contributed by atoms with Crippen LogP contribution in [0.3, 0.4) is 0 Å². The molecule has 2 amide bonds. The SMILES string of the molecule is CCOC(=O)[C@H](CC(=O)c1ccc([N+](=O)[O-])cc1)[C@H]1C=CC(=O)N1C(=O)OC(C)(C)C. The van der Waals surface area contributed by atoms with Crippen molar-refractivity contribution < 1.29 is 33.6 Å². The maximum atomic E-state index is 12.8. The Morgan fingerprint density at radius 2 is 1.81 bits per heavy atom. The molecule has 0 saturated carbocycles. The molecule has 0 radical (unpaired) electrons. The Kier molecular flexibility index (Phi) is 7.27. The fraction of sp³-hybridized carbons (Fsp3) is 0.429. The number of nitrogens with zero attached hydrogens (tertiary/aromatic N) is 2. The van der Waals surface area contributed by atoms with Gasteiger partial charge in [0.2, 0.25) is 0 Å². The Hall–Kier alpha value is -3.56. The van der Waals surface area contributed by atoms with E-state index in [1.54, 1.807) is 27.7 Å². The van der Waals surface area contributed by atoms with Crippen LogP contribution < -0.4 is 0 Å². The minimum Gasteiger partial charge on any atom is -0.466 e. The van der Waals surface area contributed by atoms with Crippen molar-refractivity contribution in [3.63, 3.8) is 0 Å². The first-order valence-corrected chi connectivity index (χ1v) is 9.63. The second-order valence-electron chi connectivity index (χ2n) is 7.83. The number of benzene rings is 1. The number of hydrogen-bond acceptors (Lipinski definition) is 8. The number of imide groups is 1. The summed E-state index contributed by atoms with van der Waals surface area (Å²) in [4.78, 5) is 61.2. The van der Waals surface area contributed by atoms with Gasteiger partial charge in [0.15, 0.2) is 5.78 Å². The molecule has 2 rings (SSSR count). The number of Topliss-reactive ketones (excluding diaryl/α,β-unsaturated/α-hetero) is 1. The lowest BCUT2D eigenvalue weighted by molar-refractivity contribution is -0.384. The number of amides is 2. The van der Waals surface area contributed by atoms with Gasteiger partial charge in [-0.1, -0.05) is 6.08 Å². The highest BCUT2D eigenvalue weighted by Crippen LogP contribution is 2.27. The summed E-state index contributed by atoms with van der Waals surface area (Å²) in [6.07, 6.45) is 1.18. The number of non-ortho nitro benzene ring substituents is 1. The average Bonchev–Trinajstić information content (AvgIpc) is 3.06. The molecule has 1 heterocycles. The number of rotatable bonds is 7. The highest BCUT2D eigenvalue weighted by molar-refractivity contribution is 6.03. The molecule has 0 saturated heterocycles. The molecule has 1 aliphatic rings. The van der Waals surface area contributed by atoms with E-state index in [-0.39, 0.29) is 24.3 Å². The Morgan fingerprint density at radius 3 is 2.32 bits per heavy atom. The molecule has 0 unspecified atom stereocenters. The molecule has 0 bridgehead atoms. The number of ketones is 1. The van der Waals surface area contributed by atoms with E-state index in [0.29, 0.717) is 0 Å². The van der Waals surface area contributed by atoms with Gasteiger partial charge in [-0.25, -0.2) is 9.69 Å². The largest absolute Gasteiger partial charge is 0.466 e. The summed E-state index contributed by atoms with van der Waals surface area (Å²) in [5.41, 5.74) is -0.908. The van der Waals surface area contributed by atoms with Gasteiger partial charge in [0, 0.05) is 30.2 Å². The standard InChI is InChI=1S/C21H24N2O8/c1-5-30-19(26)15(12-17(24)13-6-8-14(9-7-13)23(28)29)16-10-11-18(25)22(16)20(27)31-21(2,3)4/h6-11,15-16H,5,12H2,1-4H3/t15-,16-/m1/s1. The van der Waals surface area contributed by atoms with Gasteiger partial charge in [0.1, 0.15) is 5.60 Å². The molecule has 0 aromatic heterocycles. The molecule has 10 nitrogen and oxygen atoms in total. The first-order valence-electron chi connectivity index (χ1n) is 9.63. The molecule has 2 atom stereocenters. The van der Waals surface area contributed by atoms with Crippen LogP contribution in [0.1, 0.15) is 44.5 Å². The number of hydrogen-bond donors (Lipinski definition) is 0. The predicted molar refractivity (Wildman–Crippen MR) is 108 cm³/mol. The normalized spacial score (nSPS) is 16.7. The van der Waals surface area contributed by atoms with Crippen molar-refractivity contribution in [1.29, 1.82) is 0 Å². The number of nitro benzene ring substituents is 1. The summed E-state index contributed by atoms with van der Waals surface area (Å²) in [6, 6.07) is 3.86. The van der Waals surface area contributed by atoms with Crippen LogP contribution in [0, 0.1) is 16.0 Å². The van der Waals surface area contributed by atoms with Crippen LogP contribution in [0.25, 0.3) is 0 Å². The first-order chi connectivity index (χ1) is 14.4. The van der Waals surface area contributed by atoms with Crippen molar-refractivity contribution in [2.24, 2.45) is 5.92 Å². The zero-order valence-corrected chi connectivity index (χ0v) is 17.7. The second kappa shape index (κ2) is 9.50. The van der Waals surface area contributed by atoms with E-state index in [1.807, 2.05) is 0 Å². The molecule has 10 heteroatoms. The van der Waals surface area contributed by atoms with Crippen LogP contribution in [-0.2, 0) is 19.1 Å². The van der Waals surface area contributed by atoms with Crippen LogP contribution in [-0.4, -0.2) is 51.8 Å². The van der Waals surface area contributed by atoms with E-state index >= 15 is 0 Å². The summed E-state index contributed by atoms with van der Waals surface area (Å²) < 4.78 is 10.3. The summed E-state index contributed by atoms with van der Waals surface area (Å²) in [5.74, 6) is -3.09. The topological polar surface area (TPSA) is 133 Å². The summed E-state index contributed by atoms with van der Waals surface area (Å²) in [7, 11) is 0. The molecule has 1 aromatic rings. The fourth-order valence-electron chi connectivity index (χ4n) is 3.01. The Bertz CT molecular complexity index is 914. The van der Waals surface area contributed by atoms with E-state index in [9.17, 15) is 29.3 Å². The van der Waals surface area contributed by atoms with Crippen molar-refractivity contribution in [1.82, 2.24) is 4.90 Å². The second-order valence-corrected chi connectivity index (χ2v) is 7.83. The number of carbonyl (C=O) groups is 4. The molecule has 0 N–H and O–H groups in total. The van der Waals surface area contributed by atoms with Gasteiger partial charge in [0.25, 0.3) is 11.6 Å². The van der Waals surface area contributed by atoms with Gasteiger partial charge in [-0.05, 0) is 39.8 Å². The third kappa shape index (κ3) is 5.97. The van der Waals surface area contributed by atoms with Crippen molar-refractivity contribution in [3.8, 4) is 0 Å². The smallest absolute Gasteiger partial charge is 0.417 e. The monoisotopic (exact) mass is 432 g/mol. The lowest BCUT2D eigenvalue weighted by atomic mass is 9.91. The van der Waals surface area contributed by atoms with Crippen LogP contribution in [0.2, 0.25) is 0 Å². The van der Waals surface area contributed by atoms with Crippen LogP contribution in [0.5, 0.6) is 0 Å². The molecule has 1 aliphatic heterocycles. The summed E-state index contributed by atoms with van der Waals surface area (Å²) >= 11 is 0. The van der Waals surface area contributed by atoms with Crippen molar-refractivity contribution in [2.45, 2.75) is 45.8 Å². The van der Waals surface area contributed by atoms with Gasteiger partial charge in [-0.3, -0.25) is 24.5 Å². The quantitative estimate of drug-likeness (QED) is 0.278. The highest BCUT2D eigenvalue weighted by Gasteiger charge is 2.43. The number of carbonyl (C=O) groups excluding carboxylic acids is 4. The molecular weight excluding hydrogens is 408 g/mol. The summed E-state index contributed by atoms with van der Waals surface area (Å²) in [6.45, 7) is 6.53. The van der Waals surface area contributed by atoms with Gasteiger partial charge >= 0.3 is 12.1 Å². The fourth-order valence-corrected chi connectivity index (χ4v) is 3.01. The third-order valence-corrected chi connectivity index (χ3v) is 4.37. The van der Waals surface area contributed by atoms with Gasteiger partial charge in [0.05, 0.1) is 23.5 Å². The van der Waals surface area contributed by atoms with Crippen molar-refractivity contribution >= 4 is 29.4 Å². The lowest BCUT2D eigenvalue weighted by Gasteiger charge is -2.30. The van der Waals surface area contributed by atoms with E-state index < -0.39 is 46.2 Å². The molecule has 0 fully saturated rings. The van der Waals surface area contributed by atoms with E-state index in [2.05, 4.69) is 0 Å². The minimum atomic E-state index is -1.17. The summed E-state index contributed by atoms with van der Waals surface area (Å²) in [5, 5.41) is 10.8. The highest BCUT2D eigenvalue weighted by atomic mass is 16.6. The molecule has 1 aromatic carbocycles. The Balaban J connectivity index is 2.30. The molecule has 31 heavy (non-hydrogen) atoms. The zero-order chi connectivity index (χ0) is 23.3. The van der Waals surface area contributed by atoms with Gasteiger partial charge in [-0.15, -0.1) is 0 Å². The Labute approximate surface area is 178 Å². The van der Waals surface area contributed by atoms with E-state index in [4.69, 9.17) is 9.47 Å². The lowest BCUT2D eigenvalue weighted by Crippen LogP contribution is -2.48. The maximum Gasteiger partial charge on any atom is 0.417 e. The molecule has 0 spiro atoms. The van der Waals surface area contributed by atoms with Crippen LogP contribution in [0.4, 0.5) is 10.5 Å². The van der Waals surface area contributed by atoms with Crippen LogP contribution >= 0.6 is 0 Å². The predicted octanol–water partition coefficient (Wildman–Crippen LogP) is 3.05. The minimum absolute atomic E-state index is 0.0396. The van der Waals surface area contributed by atoms with Crippen LogP contribution in [0.15, 0.2) is 36.4 Å². The molecule has 0 aliphatic carbocycles. The van der Waals surface area contributed by atoms with Gasteiger partial charge < -0.3 is 9.47 Å².